The van der Waals surface area contributed by atoms with Gasteiger partial charge in [-0.15, -0.1) is 0 Å². The SMILES string of the molecule is [B]c1ccc2ncc(C(=O)Cl)nc2c1. The minimum absolute atomic E-state index is 0.129. The maximum absolute atomic E-state index is 10.8. The third kappa shape index (κ3) is 1.61. The summed E-state index contributed by atoms with van der Waals surface area (Å²) in [5.41, 5.74) is 1.95. The fraction of sp³-hybridized carbons (Fsp3) is 0. The van der Waals surface area contributed by atoms with E-state index in [1.165, 1.54) is 6.20 Å². The molecule has 1 heterocycles. The molecule has 0 atom stereocenters. The topological polar surface area (TPSA) is 42.9 Å². The van der Waals surface area contributed by atoms with Gasteiger partial charge in [0.25, 0.3) is 5.24 Å². The Labute approximate surface area is 86.5 Å². The van der Waals surface area contributed by atoms with Gasteiger partial charge < -0.3 is 0 Å². The molecule has 0 unspecified atom stereocenters. The summed E-state index contributed by atoms with van der Waals surface area (Å²) in [6.45, 7) is 0. The molecule has 0 aliphatic heterocycles. The summed E-state index contributed by atoms with van der Waals surface area (Å²) in [5.74, 6) is 0. The van der Waals surface area contributed by atoms with E-state index in [-0.39, 0.29) is 5.69 Å². The van der Waals surface area contributed by atoms with E-state index in [1.54, 1.807) is 18.2 Å². The van der Waals surface area contributed by atoms with Crippen molar-refractivity contribution < 1.29 is 4.79 Å². The minimum Gasteiger partial charge on any atom is -0.274 e. The maximum Gasteiger partial charge on any atom is 0.272 e. The van der Waals surface area contributed by atoms with E-state index in [9.17, 15) is 4.79 Å². The number of hydrogen-bond donors (Lipinski definition) is 0. The molecule has 66 valence electrons. The van der Waals surface area contributed by atoms with Gasteiger partial charge in [0, 0.05) is 0 Å². The van der Waals surface area contributed by atoms with Crippen molar-refractivity contribution in [2.75, 3.05) is 0 Å². The van der Waals surface area contributed by atoms with Crippen molar-refractivity contribution in [3.63, 3.8) is 0 Å². The van der Waals surface area contributed by atoms with Crippen LogP contribution in [0.25, 0.3) is 11.0 Å². The Morgan fingerprint density at radius 3 is 2.86 bits per heavy atom. The number of halogens is 1. The molecule has 2 radical (unpaired) electrons. The fourth-order valence-corrected chi connectivity index (χ4v) is 1.21. The molecule has 0 aliphatic carbocycles. The second-order valence-electron chi connectivity index (χ2n) is 2.78. The standard InChI is InChI=1S/C9H4BClN2O/c10-5-1-2-6-7(3-5)13-8(4-12-6)9(11)14/h1-4H. The molecule has 2 rings (SSSR count). The molecule has 0 saturated carbocycles. The zero-order chi connectivity index (χ0) is 10.1. The molecular weight excluding hydrogens is 198 g/mol. The van der Waals surface area contributed by atoms with E-state index < -0.39 is 5.24 Å². The van der Waals surface area contributed by atoms with Gasteiger partial charge in [-0.25, -0.2) is 4.98 Å². The summed E-state index contributed by atoms with van der Waals surface area (Å²) in [6, 6.07) is 5.10. The summed E-state index contributed by atoms with van der Waals surface area (Å²) in [5, 5.41) is -0.623. The Balaban J connectivity index is 2.69. The number of rotatable bonds is 1. The lowest BCUT2D eigenvalue weighted by atomic mass is 9.96. The molecule has 0 N–H and O–H groups in total. The predicted octanol–water partition coefficient (Wildman–Crippen LogP) is 0.803. The van der Waals surface area contributed by atoms with Gasteiger partial charge in [-0.3, -0.25) is 9.78 Å². The second-order valence-corrected chi connectivity index (χ2v) is 3.12. The molecule has 0 aliphatic rings. The average molecular weight is 202 g/mol. The third-order valence-electron chi connectivity index (χ3n) is 1.77. The van der Waals surface area contributed by atoms with Crippen molar-refractivity contribution >= 4 is 41.2 Å². The van der Waals surface area contributed by atoms with E-state index in [0.29, 0.717) is 16.5 Å². The molecule has 0 spiro atoms. The van der Waals surface area contributed by atoms with E-state index in [2.05, 4.69) is 9.97 Å². The zero-order valence-electron chi connectivity index (χ0n) is 7.07. The van der Waals surface area contributed by atoms with Crippen LogP contribution >= 0.6 is 11.6 Å². The zero-order valence-corrected chi connectivity index (χ0v) is 7.82. The summed E-state index contributed by atoms with van der Waals surface area (Å²) >= 11 is 5.27. The van der Waals surface area contributed by atoms with Crippen LogP contribution in [0.15, 0.2) is 24.4 Å². The van der Waals surface area contributed by atoms with Gasteiger partial charge >= 0.3 is 0 Å². The third-order valence-corrected chi connectivity index (χ3v) is 1.96. The molecule has 2 aromatic rings. The first-order valence-corrected chi connectivity index (χ1v) is 4.27. The Morgan fingerprint density at radius 1 is 1.36 bits per heavy atom. The number of nitrogens with zero attached hydrogens (tertiary/aromatic N) is 2. The first-order chi connectivity index (χ1) is 6.66. The number of carbonyl (C=O) groups is 1. The van der Waals surface area contributed by atoms with Crippen molar-refractivity contribution in [3.05, 3.63) is 30.1 Å². The molecule has 0 amide bonds. The number of hydrogen-bond acceptors (Lipinski definition) is 3. The van der Waals surface area contributed by atoms with Crippen molar-refractivity contribution in [3.8, 4) is 0 Å². The van der Waals surface area contributed by atoms with Crippen LogP contribution in [0.2, 0.25) is 0 Å². The Morgan fingerprint density at radius 2 is 2.14 bits per heavy atom. The van der Waals surface area contributed by atoms with Crippen LogP contribution < -0.4 is 5.46 Å². The predicted molar refractivity (Wildman–Crippen MR) is 55.1 cm³/mol. The van der Waals surface area contributed by atoms with Crippen LogP contribution in [0.5, 0.6) is 0 Å². The van der Waals surface area contributed by atoms with Crippen LogP contribution in [0.4, 0.5) is 0 Å². The van der Waals surface area contributed by atoms with Gasteiger partial charge in [-0.05, 0) is 23.7 Å². The number of aromatic nitrogens is 2. The minimum atomic E-state index is -0.623. The summed E-state index contributed by atoms with van der Waals surface area (Å²) < 4.78 is 0. The molecule has 1 aromatic carbocycles. The Kier molecular flexibility index (Phi) is 2.21. The lowest BCUT2D eigenvalue weighted by molar-refractivity contribution is 0.107. The second kappa shape index (κ2) is 3.38. The molecule has 14 heavy (non-hydrogen) atoms. The number of carbonyl (C=O) groups excluding carboxylic acids is 1. The highest BCUT2D eigenvalue weighted by molar-refractivity contribution is 6.67. The first kappa shape index (κ1) is 9.15. The summed E-state index contributed by atoms with van der Waals surface area (Å²) in [4.78, 5) is 18.8. The number of benzene rings is 1. The largest absolute Gasteiger partial charge is 0.274 e. The van der Waals surface area contributed by atoms with E-state index in [1.807, 2.05) is 0 Å². The van der Waals surface area contributed by atoms with Crippen molar-refractivity contribution in [2.24, 2.45) is 0 Å². The molecular formula is C9H4BClN2O. The van der Waals surface area contributed by atoms with Gasteiger partial charge in [0.1, 0.15) is 13.5 Å². The van der Waals surface area contributed by atoms with Crippen LogP contribution in [0, 0.1) is 0 Å². The summed E-state index contributed by atoms with van der Waals surface area (Å²) in [7, 11) is 5.56. The van der Waals surface area contributed by atoms with Gasteiger partial charge in [-0.1, -0.05) is 11.5 Å². The molecule has 3 nitrogen and oxygen atoms in total. The molecule has 5 heteroatoms. The quantitative estimate of drug-likeness (QED) is 0.507. The van der Waals surface area contributed by atoms with Crippen molar-refractivity contribution in [2.45, 2.75) is 0 Å². The van der Waals surface area contributed by atoms with Gasteiger partial charge in [0.05, 0.1) is 17.2 Å². The Bertz CT molecular complexity index is 515. The highest BCUT2D eigenvalue weighted by atomic mass is 35.5. The smallest absolute Gasteiger partial charge is 0.272 e. The van der Waals surface area contributed by atoms with Crippen molar-refractivity contribution in [1.29, 1.82) is 0 Å². The highest BCUT2D eigenvalue weighted by Gasteiger charge is 2.05. The van der Waals surface area contributed by atoms with E-state index >= 15 is 0 Å². The maximum atomic E-state index is 10.8. The molecule has 0 fully saturated rings. The highest BCUT2D eigenvalue weighted by Crippen LogP contribution is 2.08. The van der Waals surface area contributed by atoms with Crippen LogP contribution in [0.1, 0.15) is 10.5 Å². The van der Waals surface area contributed by atoms with Gasteiger partial charge in [-0.2, -0.15) is 0 Å². The Hall–Kier alpha value is -1.42. The van der Waals surface area contributed by atoms with E-state index in [0.717, 1.165) is 0 Å². The van der Waals surface area contributed by atoms with Crippen LogP contribution in [0.3, 0.4) is 0 Å². The normalized spacial score (nSPS) is 10.4. The summed E-state index contributed by atoms with van der Waals surface area (Å²) in [6.07, 6.45) is 1.34. The van der Waals surface area contributed by atoms with E-state index in [4.69, 9.17) is 19.4 Å². The first-order valence-electron chi connectivity index (χ1n) is 3.89. The lowest BCUT2D eigenvalue weighted by Crippen LogP contribution is -2.03. The van der Waals surface area contributed by atoms with Crippen LogP contribution in [-0.2, 0) is 0 Å². The molecule has 1 aromatic heterocycles. The molecule has 0 bridgehead atoms. The lowest BCUT2D eigenvalue weighted by Gasteiger charge is -1.99. The molecule has 0 saturated heterocycles. The number of fused-ring (bicyclic) bond motifs is 1. The fourth-order valence-electron chi connectivity index (χ4n) is 1.12. The van der Waals surface area contributed by atoms with Crippen molar-refractivity contribution in [1.82, 2.24) is 9.97 Å². The van der Waals surface area contributed by atoms with Crippen LogP contribution in [-0.4, -0.2) is 23.1 Å². The van der Waals surface area contributed by atoms with Gasteiger partial charge in [0.2, 0.25) is 0 Å². The van der Waals surface area contributed by atoms with Gasteiger partial charge in [0.15, 0.2) is 0 Å². The average Bonchev–Trinajstić information content (AvgIpc) is 2.16. The monoisotopic (exact) mass is 202 g/mol.